The van der Waals surface area contributed by atoms with Crippen LogP contribution in [-0.2, 0) is 4.79 Å². The molecular weight excluding hydrogens is 244 g/mol. The summed E-state index contributed by atoms with van der Waals surface area (Å²) in [5, 5.41) is 8.85. The Hall–Kier alpha value is -1.09. The topological polar surface area (TPSA) is 37.3 Å². The van der Waals surface area contributed by atoms with E-state index in [1.165, 1.54) is 0 Å². The van der Waals surface area contributed by atoms with E-state index in [-0.39, 0.29) is 5.92 Å². The highest BCUT2D eigenvalue weighted by Crippen LogP contribution is 2.26. The second kappa shape index (κ2) is 4.96. The molecule has 0 fully saturated rings. The van der Waals surface area contributed by atoms with Gasteiger partial charge in [-0.05, 0) is 5.56 Å². The van der Waals surface area contributed by atoms with Gasteiger partial charge in [-0.3, -0.25) is 4.79 Å². The zero-order valence-corrected chi connectivity index (χ0v) is 9.15. The number of hydrogen-bond donors (Lipinski definition) is 1. The summed E-state index contributed by atoms with van der Waals surface area (Å²) in [5.41, 5.74) is 0.951. The second-order valence-corrected chi connectivity index (χ2v) is 3.90. The van der Waals surface area contributed by atoms with Crippen LogP contribution in [0.1, 0.15) is 11.5 Å². The average Bonchev–Trinajstić information content (AvgIpc) is 2.20. The van der Waals surface area contributed by atoms with Crippen molar-refractivity contribution in [1.82, 2.24) is 0 Å². The number of carboxylic acid groups (broad SMARTS) is 1. The van der Waals surface area contributed by atoms with Gasteiger partial charge in [0.2, 0.25) is 0 Å². The molecule has 3 heteroatoms. The van der Waals surface area contributed by atoms with Gasteiger partial charge in [-0.25, -0.2) is 0 Å². The van der Waals surface area contributed by atoms with Crippen LogP contribution in [0.5, 0.6) is 0 Å². The van der Waals surface area contributed by atoms with Crippen molar-refractivity contribution < 1.29 is 9.90 Å². The van der Waals surface area contributed by atoms with E-state index in [4.69, 9.17) is 5.11 Å². The number of hydrogen-bond acceptors (Lipinski definition) is 1. The highest BCUT2D eigenvalue weighted by Gasteiger charge is 2.23. The van der Waals surface area contributed by atoms with Crippen molar-refractivity contribution in [1.29, 1.82) is 0 Å². The molecule has 1 aromatic carbocycles. The van der Waals surface area contributed by atoms with E-state index in [1.54, 1.807) is 6.08 Å². The summed E-state index contributed by atoms with van der Waals surface area (Å²) in [6, 6.07) is 9.45. The maximum Gasteiger partial charge on any atom is 0.318 e. The first-order valence-electron chi connectivity index (χ1n) is 4.21. The monoisotopic (exact) mass is 254 g/mol. The molecule has 0 aliphatic carbocycles. The molecule has 0 radical (unpaired) electrons. The number of carbonyl (C=O) groups is 1. The number of benzene rings is 1. The Morgan fingerprint density at radius 1 is 1.43 bits per heavy atom. The molecule has 0 spiro atoms. The zero-order valence-electron chi connectivity index (χ0n) is 7.56. The molecule has 0 saturated heterocycles. The molecule has 14 heavy (non-hydrogen) atoms. The highest BCUT2D eigenvalue weighted by atomic mass is 79.9. The lowest BCUT2D eigenvalue weighted by Gasteiger charge is -2.15. The number of allylic oxidation sites excluding steroid dienone is 1. The van der Waals surface area contributed by atoms with Gasteiger partial charge in [-0.15, -0.1) is 6.58 Å². The molecule has 74 valence electrons. The summed E-state index contributed by atoms with van der Waals surface area (Å²) >= 11 is 3.13. The summed E-state index contributed by atoms with van der Waals surface area (Å²) in [5.74, 6) is -1.08. The number of halogens is 1. The standard InChI is InChI=1S/C11H11BrO2/c1-2-9(10(12)11(13)14)8-6-4-3-5-7-8/h2-7,9-10H,1H2,(H,13,14)/t9-,10+/m0/s1. The normalized spacial score (nSPS) is 14.4. The van der Waals surface area contributed by atoms with Gasteiger partial charge in [-0.2, -0.15) is 0 Å². The Kier molecular flexibility index (Phi) is 3.89. The fourth-order valence-electron chi connectivity index (χ4n) is 1.25. The van der Waals surface area contributed by atoms with E-state index < -0.39 is 10.8 Å². The number of alkyl halides is 1. The minimum Gasteiger partial charge on any atom is -0.480 e. The van der Waals surface area contributed by atoms with Crippen LogP contribution >= 0.6 is 15.9 Å². The Balaban J connectivity index is 2.93. The molecule has 1 N–H and O–H groups in total. The minimum absolute atomic E-state index is 0.200. The second-order valence-electron chi connectivity index (χ2n) is 2.91. The molecule has 1 aromatic rings. The molecule has 0 amide bonds. The Bertz CT molecular complexity index is 321. The van der Waals surface area contributed by atoms with Crippen molar-refractivity contribution in [2.75, 3.05) is 0 Å². The molecular formula is C11H11BrO2. The van der Waals surface area contributed by atoms with Gasteiger partial charge in [0.15, 0.2) is 0 Å². The lowest BCUT2D eigenvalue weighted by atomic mass is 9.96. The van der Waals surface area contributed by atoms with E-state index >= 15 is 0 Å². The average molecular weight is 255 g/mol. The molecule has 0 bridgehead atoms. The lowest BCUT2D eigenvalue weighted by molar-refractivity contribution is -0.136. The molecule has 0 aliphatic rings. The Morgan fingerprint density at radius 2 is 2.00 bits per heavy atom. The molecule has 0 aliphatic heterocycles. The maximum atomic E-state index is 10.8. The van der Waals surface area contributed by atoms with Crippen molar-refractivity contribution in [2.45, 2.75) is 10.7 Å². The van der Waals surface area contributed by atoms with Crippen LogP contribution in [0.3, 0.4) is 0 Å². The van der Waals surface area contributed by atoms with E-state index in [2.05, 4.69) is 22.5 Å². The Morgan fingerprint density at radius 3 is 2.43 bits per heavy atom. The number of aliphatic carboxylic acids is 1. The first kappa shape index (κ1) is 11.0. The van der Waals surface area contributed by atoms with E-state index in [0.29, 0.717) is 0 Å². The molecule has 2 atom stereocenters. The van der Waals surface area contributed by atoms with Crippen molar-refractivity contribution in [2.24, 2.45) is 0 Å². The van der Waals surface area contributed by atoms with Crippen molar-refractivity contribution in [3.05, 3.63) is 48.6 Å². The molecule has 0 heterocycles. The zero-order chi connectivity index (χ0) is 10.6. The van der Waals surface area contributed by atoms with Crippen LogP contribution in [0.4, 0.5) is 0 Å². The van der Waals surface area contributed by atoms with Crippen LogP contribution in [0.2, 0.25) is 0 Å². The van der Waals surface area contributed by atoms with E-state index in [9.17, 15) is 4.79 Å². The first-order chi connectivity index (χ1) is 6.66. The van der Waals surface area contributed by atoms with Gasteiger partial charge in [0.05, 0.1) is 0 Å². The minimum atomic E-state index is -0.876. The predicted octanol–water partition coefficient (Wildman–Crippen LogP) is 2.80. The number of carboxylic acids is 1. The first-order valence-corrected chi connectivity index (χ1v) is 5.12. The van der Waals surface area contributed by atoms with Gasteiger partial charge < -0.3 is 5.11 Å². The van der Waals surface area contributed by atoms with Crippen LogP contribution < -0.4 is 0 Å². The molecule has 1 rings (SSSR count). The van der Waals surface area contributed by atoms with Gasteiger partial charge in [0, 0.05) is 5.92 Å². The third kappa shape index (κ3) is 2.45. The molecule has 0 unspecified atom stereocenters. The number of rotatable bonds is 4. The van der Waals surface area contributed by atoms with Crippen LogP contribution in [0.15, 0.2) is 43.0 Å². The molecule has 0 saturated carbocycles. The van der Waals surface area contributed by atoms with E-state index in [0.717, 1.165) is 5.56 Å². The van der Waals surface area contributed by atoms with Gasteiger partial charge >= 0.3 is 5.97 Å². The SMILES string of the molecule is C=C[C@@H](c1ccccc1)[C@@H](Br)C(=O)O. The van der Waals surface area contributed by atoms with Crippen molar-refractivity contribution in [3.8, 4) is 0 Å². The fourth-order valence-corrected chi connectivity index (χ4v) is 1.77. The summed E-state index contributed by atoms with van der Waals surface area (Å²) in [4.78, 5) is 10.2. The lowest BCUT2D eigenvalue weighted by Crippen LogP contribution is -2.20. The fraction of sp³-hybridized carbons (Fsp3) is 0.182. The highest BCUT2D eigenvalue weighted by molar-refractivity contribution is 9.10. The summed E-state index contributed by atoms with van der Waals surface area (Å²) in [6.07, 6.45) is 1.64. The third-order valence-electron chi connectivity index (χ3n) is 1.99. The van der Waals surface area contributed by atoms with Crippen LogP contribution in [-0.4, -0.2) is 15.9 Å². The summed E-state index contributed by atoms with van der Waals surface area (Å²) in [7, 11) is 0. The van der Waals surface area contributed by atoms with E-state index in [1.807, 2.05) is 30.3 Å². The maximum absolute atomic E-state index is 10.8. The van der Waals surface area contributed by atoms with Crippen LogP contribution in [0, 0.1) is 0 Å². The summed E-state index contributed by atoms with van der Waals surface area (Å²) in [6.45, 7) is 3.65. The van der Waals surface area contributed by atoms with Crippen molar-refractivity contribution >= 4 is 21.9 Å². The smallest absolute Gasteiger partial charge is 0.318 e. The summed E-state index contributed by atoms with van der Waals surface area (Å²) < 4.78 is 0. The van der Waals surface area contributed by atoms with Gasteiger partial charge in [-0.1, -0.05) is 52.3 Å². The molecule has 0 aromatic heterocycles. The van der Waals surface area contributed by atoms with Crippen LogP contribution in [0.25, 0.3) is 0 Å². The predicted molar refractivity (Wildman–Crippen MR) is 59.7 cm³/mol. The van der Waals surface area contributed by atoms with Crippen molar-refractivity contribution in [3.63, 3.8) is 0 Å². The van der Waals surface area contributed by atoms with Gasteiger partial charge in [0.1, 0.15) is 4.83 Å². The van der Waals surface area contributed by atoms with Gasteiger partial charge in [0.25, 0.3) is 0 Å². The molecule has 2 nitrogen and oxygen atoms in total. The third-order valence-corrected chi connectivity index (χ3v) is 2.95. The quantitative estimate of drug-likeness (QED) is 0.663. The largest absolute Gasteiger partial charge is 0.480 e. The Labute approximate surface area is 91.4 Å².